The highest BCUT2D eigenvalue weighted by atomic mass is 127. The highest BCUT2D eigenvalue weighted by Crippen LogP contribution is 2.01. The van der Waals surface area contributed by atoms with Crippen LogP contribution >= 0.6 is 24.0 Å². The van der Waals surface area contributed by atoms with E-state index in [1.165, 1.54) is 6.42 Å². The average molecular weight is 398 g/mol. The number of amides is 1. The monoisotopic (exact) mass is 398 g/mol. The number of aliphatic imine (C=N–C) groups is 1. The SMILES string of the molecule is CCCNC(=NCC(=O)N(C)C)NCCCC(C)C.I. The summed E-state index contributed by atoms with van der Waals surface area (Å²) in [4.78, 5) is 17.4. The van der Waals surface area contributed by atoms with E-state index in [0.29, 0.717) is 0 Å². The number of carbonyl (C=O) groups is 1. The fourth-order valence-corrected chi connectivity index (χ4v) is 1.42. The molecule has 0 aromatic rings. The van der Waals surface area contributed by atoms with E-state index in [4.69, 9.17) is 0 Å². The number of hydrogen-bond donors (Lipinski definition) is 2. The Kier molecular flexibility index (Phi) is 14.6. The molecule has 0 saturated carbocycles. The Morgan fingerprint density at radius 2 is 1.80 bits per heavy atom. The average Bonchev–Trinajstić information content (AvgIpc) is 2.35. The Labute approximate surface area is 141 Å². The number of hydrogen-bond acceptors (Lipinski definition) is 2. The van der Waals surface area contributed by atoms with Gasteiger partial charge in [0.2, 0.25) is 5.91 Å². The maximum atomic E-state index is 11.5. The molecule has 0 spiro atoms. The molecule has 0 bridgehead atoms. The van der Waals surface area contributed by atoms with Crippen molar-refractivity contribution in [3.63, 3.8) is 0 Å². The molecule has 1 amide bonds. The second-order valence-electron chi connectivity index (χ2n) is 5.34. The number of nitrogens with zero attached hydrogens (tertiary/aromatic N) is 2. The van der Waals surface area contributed by atoms with Gasteiger partial charge in [0.1, 0.15) is 6.54 Å². The lowest BCUT2D eigenvalue weighted by atomic mass is 10.1. The van der Waals surface area contributed by atoms with Crippen molar-refractivity contribution in [2.45, 2.75) is 40.0 Å². The lowest BCUT2D eigenvalue weighted by Gasteiger charge is -2.13. The van der Waals surface area contributed by atoms with E-state index in [-0.39, 0.29) is 36.4 Å². The third kappa shape index (κ3) is 12.5. The summed E-state index contributed by atoms with van der Waals surface area (Å²) < 4.78 is 0. The number of guanidine groups is 1. The van der Waals surface area contributed by atoms with Crippen LogP contribution in [0.1, 0.15) is 40.0 Å². The van der Waals surface area contributed by atoms with E-state index < -0.39 is 0 Å². The van der Waals surface area contributed by atoms with Crippen LogP contribution < -0.4 is 10.6 Å². The zero-order chi connectivity index (χ0) is 14.7. The van der Waals surface area contributed by atoms with Gasteiger partial charge in [-0.1, -0.05) is 20.8 Å². The van der Waals surface area contributed by atoms with Crippen LogP contribution in [0.15, 0.2) is 4.99 Å². The van der Waals surface area contributed by atoms with Crippen molar-refractivity contribution >= 4 is 35.8 Å². The molecule has 5 nitrogen and oxygen atoms in total. The number of likely N-dealkylation sites (N-methyl/N-ethyl adjacent to an activating group) is 1. The zero-order valence-electron chi connectivity index (χ0n) is 13.5. The first-order valence-corrected chi connectivity index (χ1v) is 7.19. The second-order valence-corrected chi connectivity index (χ2v) is 5.34. The van der Waals surface area contributed by atoms with Gasteiger partial charge in [-0.2, -0.15) is 0 Å². The highest BCUT2D eigenvalue weighted by molar-refractivity contribution is 14.0. The van der Waals surface area contributed by atoms with Crippen LogP contribution in [0.2, 0.25) is 0 Å². The molecule has 120 valence electrons. The smallest absolute Gasteiger partial charge is 0.243 e. The lowest BCUT2D eigenvalue weighted by Crippen LogP contribution is -2.39. The van der Waals surface area contributed by atoms with Gasteiger partial charge in [-0.15, -0.1) is 24.0 Å². The van der Waals surface area contributed by atoms with Crippen LogP contribution in [0.4, 0.5) is 0 Å². The predicted molar refractivity (Wildman–Crippen MR) is 96.8 cm³/mol. The predicted octanol–water partition coefficient (Wildman–Crippen LogP) is 2.07. The van der Waals surface area contributed by atoms with Gasteiger partial charge in [0.15, 0.2) is 5.96 Å². The van der Waals surface area contributed by atoms with Crippen LogP contribution in [-0.4, -0.2) is 50.5 Å². The standard InChI is InChI=1S/C14H30N4O.HI/c1-6-9-15-14(16-10-7-8-12(2)3)17-11-13(19)18(4)5;/h12H,6-11H2,1-5H3,(H2,15,16,17);1H. The molecule has 0 fully saturated rings. The summed E-state index contributed by atoms with van der Waals surface area (Å²) in [6.45, 7) is 8.50. The number of carbonyl (C=O) groups excluding carboxylic acids is 1. The molecule has 0 unspecified atom stereocenters. The van der Waals surface area contributed by atoms with Gasteiger partial charge in [-0.3, -0.25) is 4.79 Å². The van der Waals surface area contributed by atoms with E-state index in [0.717, 1.165) is 37.8 Å². The molecule has 0 aromatic carbocycles. The first-order valence-electron chi connectivity index (χ1n) is 7.19. The summed E-state index contributed by atoms with van der Waals surface area (Å²) in [5.41, 5.74) is 0. The molecular weight excluding hydrogens is 367 g/mol. The molecule has 6 heteroatoms. The van der Waals surface area contributed by atoms with Crippen molar-refractivity contribution in [1.29, 1.82) is 0 Å². The molecule has 20 heavy (non-hydrogen) atoms. The third-order valence-electron chi connectivity index (χ3n) is 2.66. The molecule has 0 rings (SSSR count). The van der Waals surface area contributed by atoms with Crippen LogP contribution in [0, 0.1) is 5.92 Å². The van der Waals surface area contributed by atoms with Gasteiger partial charge < -0.3 is 15.5 Å². The fraction of sp³-hybridized carbons (Fsp3) is 0.857. The molecule has 0 aromatic heterocycles. The number of nitrogens with one attached hydrogen (secondary N) is 2. The van der Waals surface area contributed by atoms with Crippen LogP contribution in [0.25, 0.3) is 0 Å². The quantitative estimate of drug-likeness (QED) is 0.285. The van der Waals surface area contributed by atoms with E-state index in [1.807, 2.05) is 0 Å². The molecule has 0 heterocycles. The summed E-state index contributed by atoms with van der Waals surface area (Å²) in [5, 5.41) is 6.49. The molecular formula is C14H31IN4O. The van der Waals surface area contributed by atoms with Crippen molar-refractivity contribution in [3.05, 3.63) is 0 Å². The maximum Gasteiger partial charge on any atom is 0.243 e. The Balaban J connectivity index is 0. The molecule has 2 N–H and O–H groups in total. The minimum atomic E-state index is 0. The van der Waals surface area contributed by atoms with Crippen LogP contribution in [-0.2, 0) is 4.79 Å². The van der Waals surface area contributed by atoms with Gasteiger partial charge in [0.25, 0.3) is 0 Å². The number of halogens is 1. The highest BCUT2D eigenvalue weighted by Gasteiger charge is 2.04. The minimum Gasteiger partial charge on any atom is -0.356 e. The normalized spacial score (nSPS) is 11.0. The Hall–Kier alpha value is -0.530. The van der Waals surface area contributed by atoms with Crippen molar-refractivity contribution in [3.8, 4) is 0 Å². The number of rotatable bonds is 8. The third-order valence-corrected chi connectivity index (χ3v) is 2.66. The maximum absolute atomic E-state index is 11.5. The minimum absolute atomic E-state index is 0. The van der Waals surface area contributed by atoms with Crippen LogP contribution in [0.3, 0.4) is 0 Å². The van der Waals surface area contributed by atoms with Gasteiger partial charge in [-0.25, -0.2) is 4.99 Å². The topological polar surface area (TPSA) is 56.7 Å². The van der Waals surface area contributed by atoms with Gasteiger partial charge in [0, 0.05) is 27.2 Å². The van der Waals surface area contributed by atoms with E-state index in [9.17, 15) is 4.79 Å². The fourth-order valence-electron chi connectivity index (χ4n) is 1.42. The largest absolute Gasteiger partial charge is 0.356 e. The zero-order valence-corrected chi connectivity index (χ0v) is 15.9. The van der Waals surface area contributed by atoms with Gasteiger partial charge in [-0.05, 0) is 25.2 Å². The Morgan fingerprint density at radius 1 is 1.20 bits per heavy atom. The molecule has 0 aliphatic rings. The first kappa shape index (κ1) is 21.8. The van der Waals surface area contributed by atoms with E-state index in [1.54, 1.807) is 19.0 Å². The molecule has 0 aliphatic heterocycles. The van der Waals surface area contributed by atoms with Gasteiger partial charge >= 0.3 is 0 Å². The molecule has 0 atom stereocenters. The summed E-state index contributed by atoms with van der Waals surface area (Å²) in [6, 6.07) is 0. The lowest BCUT2D eigenvalue weighted by molar-refractivity contribution is -0.127. The summed E-state index contributed by atoms with van der Waals surface area (Å²) in [5.74, 6) is 1.47. The first-order chi connectivity index (χ1) is 8.97. The van der Waals surface area contributed by atoms with E-state index in [2.05, 4.69) is 36.4 Å². The van der Waals surface area contributed by atoms with Crippen molar-refractivity contribution in [1.82, 2.24) is 15.5 Å². The summed E-state index contributed by atoms with van der Waals surface area (Å²) in [7, 11) is 3.49. The van der Waals surface area contributed by atoms with Gasteiger partial charge in [0.05, 0.1) is 0 Å². The molecule has 0 aliphatic carbocycles. The summed E-state index contributed by atoms with van der Waals surface area (Å²) in [6.07, 6.45) is 3.35. The molecule has 0 radical (unpaired) electrons. The van der Waals surface area contributed by atoms with Crippen molar-refractivity contribution < 1.29 is 4.79 Å². The van der Waals surface area contributed by atoms with E-state index >= 15 is 0 Å². The molecule has 0 saturated heterocycles. The van der Waals surface area contributed by atoms with Crippen LogP contribution in [0.5, 0.6) is 0 Å². The second kappa shape index (κ2) is 13.5. The Bertz CT molecular complexity index is 280. The van der Waals surface area contributed by atoms with Crippen molar-refractivity contribution in [2.24, 2.45) is 10.9 Å². The summed E-state index contributed by atoms with van der Waals surface area (Å²) >= 11 is 0. The Morgan fingerprint density at radius 3 is 2.30 bits per heavy atom. The van der Waals surface area contributed by atoms with Crippen molar-refractivity contribution in [2.75, 3.05) is 33.7 Å².